The first-order valence-electron chi connectivity index (χ1n) is 19.4. The Hall–Kier alpha value is -1.43. The topological polar surface area (TPSA) is 130 Å². The second-order valence-corrected chi connectivity index (χ2v) is 19.4. The number of benzene rings is 2. The summed E-state index contributed by atoms with van der Waals surface area (Å²) in [7, 11) is -9.13. The van der Waals surface area contributed by atoms with Crippen LogP contribution in [0.3, 0.4) is 0 Å². The molecule has 0 atom stereocenters. The van der Waals surface area contributed by atoms with E-state index in [0.29, 0.717) is 23.2 Å². The summed E-state index contributed by atoms with van der Waals surface area (Å²) >= 11 is -4.79. The molecule has 2 aromatic rings. The summed E-state index contributed by atoms with van der Waals surface area (Å²) in [5.41, 5.74) is 8.24. The Balaban J connectivity index is 2.11. The van der Waals surface area contributed by atoms with Crippen molar-refractivity contribution in [3.05, 3.63) is 53.1 Å². The molecule has 0 saturated heterocycles. The first-order valence-corrected chi connectivity index (χ1v) is 24.1. The van der Waals surface area contributed by atoms with Crippen LogP contribution >= 0.6 is 0 Å². The fraction of sp³-hybridized carbons (Fsp3) is 0.692. The van der Waals surface area contributed by atoms with Gasteiger partial charge in [0.25, 0.3) is 0 Å². The van der Waals surface area contributed by atoms with Crippen LogP contribution in [0.2, 0.25) is 0 Å². The second kappa shape index (κ2) is 24.7. The van der Waals surface area contributed by atoms with E-state index in [-0.39, 0.29) is 15.7 Å². The van der Waals surface area contributed by atoms with Gasteiger partial charge in [0.15, 0.2) is 0 Å². The molecule has 0 bridgehead atoms. The standard InChI is InChI=1S/C30H54O3S.C9H13NO3S.O.Ti/c1-3-5-7-9-11-13-15-17-19-21-24-28-25-23-27-30(34(31,32)33)29(28)26-22-20-18-16-14-12-10-8-6-4-2;1-6(2)8-5-7(10)3-4-9(8)14(11,12)13;;/h23,25,27H,3-22,24,26H2,1-2H3,(H,31,32,33);3-6H,10H2,1-2H3,(H,11,12,13);;/q;;;+2/p-2. The Labute approximate surface area is 312 Å². The molecular formula is C39H65NO7S2Ti. The van der Waals surface area contributed by atoms with Gasteiger partial charge in [-0.2, -0.15) is 0 Å². The molecule has 0 saturated carbocycles. The third kappa shape index (κ3) is 16.9. The van der Waals surface area contributed by atoms with Gasteiger partial charge in [0.1, 0.15) is 0 Å². The van der Waals surface area contributed by atoms with Gasteiger partial charge in [-0.1, -0.05) is 58.8 Å². The monoisotopic (exact) mass is 771 g/mol. The minimum atomic E-state index is -4.79. The summed E-state index contributed by atoms with van der Waals surface area (Å²) in [6.07, 6.45) is 25.2. The SMILES string of the molecule is CCCCCCCCCCCCc1cccc(S(=O)(=O)[O][Ti](=[O])[O]S(=O)(=O)c2ccc(N)cc2C(C)C)c1CCCCCCCCCCCC. The summed E-state index contributed by atoms with van der Waals surface area (Å²) < 4.78 is 76.4. The molecule has 0 aliphatic rings. The zero-order valence-corrected chi connectivity index (χ0v) is 34.5. The van der Waals surface area contributed by atoms with Crippen molar-refractivity contribution >= 4 is 25.9 Å². The zero-order valence-electron chi connectivity index (χ0n) is 31.3. The molecule has 8 nitrogen and oxygen atoms in total. The summed E-state index contributed by atoms with van der Waals surface area (Å²) in [6, 6.07) is 9.34. The molecule has 0 radical (unpaired) electrons. The van der Waals surface area contributed by atoms with E-state index in [2.05, 4.69) is 13.8 Å². The molecule has 284 valence electrons. The van der Waals surface area contributed by atoms with Gasteiger partial charge in [-0.05, 0) is 0 Å². The molecule has 0 unspecified atom stereocenters. The second-order valence-electron chi connectivity index (χ2n) is 14.0. The van der Waals surface area contributed by atoms with E-state index in [4.69, 9.17) is 11.3 Å². The molecule has 50 heavy (non-hydrogen) atoms. The molecule has 2 rings (SSSR count). The van der Waals surface area contributed by atoms with Crippen molar-refractivity contribution in [3.63, 3.8) is 0 Å². The number of nitrogen functional groups attached to an aromatic ring is 1. The van der Waals surface area contributed by atoms with Crippen molar-refractivity contribution in [1.29, 1.82) is 0 Å². The Morgan fingerprint density at radius 3 is 1.52 bits per heavy atom. The normalized spacial score (nSPS) is 12.2. The maximum atomic E-state index is 13.6. The van der Waals surface area contributed by atoms with Gasteiger partial charge in [0.2, 0.25) is 0 Å². The fourth-order valence-electron chi connectivity index (χ4n) is 6.48. The molecule has 2 N–H and O–H groups in total. The number of anilines is 1. The van der Waals surface area contributed by atoms with E-state index >= 15 is 0 Å². The van der Waals surface area contributed by atoms with Crippen LogP contribution in [0.15, 0.2) is 46.2 Å². The molecule has 0 aliphatic carbocycles. The molecule has 0 aromatic heterocycles. The average Bonchev–Trinajstić information content (AvgIpc) is 3.06. The fourth-order valence-corrected chi connectivity index (χ4v) is 11.6. The molecular weight excluding hydrogens is 706 g/mol. The van der Waals surface area contributed by atoms with Gasteiger partial charge >= 0.3 is 255 Å². The van der Waals surface area contributed by atoms with Gasteiger partial charge in [0, 0.05) is 0 Å². The number of aryl methyl sites for hydroxylation is 1. The molecule has 0 spiro atoms. The van der Waals surface area contributed by atoms with E-state index in [1.165, 1.54) is 114 Å². The van der Waals surface area contributed by atoms with Gasteiger partial charge in [-0.3, -0.25) is 0 Å². The summed E-state index contributed by atoms with van der Waals surface area (Å²) in [5, 5.41) is 0. The smallest absolute Gasteiger partial charge is 0.0654 e. The van der Waals surface area contributed by atoms with Crippen molar-refractivity contribution in [2.45, 2.75) is 185 Å². The first-order chi connectivity index (χ1) is 23.9. The van der Waals surface area contributed by atoms with Crippen LogP contribution in [0.5, 0.6) is 0 Å². The van der Waals surface area contributed by atoms with Crippen LogP contribution in [0.25, 0.3) is 0 Å². The predicted molar refractivity (Wildman–Crippen MR) is 200 cm³/mol. The predicted octanol–water partition coefficient (Wildman–Crippen LogP) is 11.2. The van der Waals surface area contributed by atoms with Crippen LogP contribution in [0.1, 0.15) is 179 Å². The Kier molecular flexibility index (Phi) is 22.1. The first kappa shape index (κ1) is 44.7. The van der Waals surface area contributed by atoms with Crippen molar-refractivity contribution < 1.29 is 44.3 Å². The van der Waals surface area contributed by atoms with E-state index in [0.717, 1.165) is 50.5 Å². The van der Waals surface area contributed by atoms with E-state index < -0.39 is 38.9 Å². The third-order valence-corrected chi connectivity index (χ3v) is 15.2. The van der Waals surface area contributed by atoms with Gasteiger partial charge in [0.05, 0.1) is 0 Å². The maximum absolute atomic E-state index is 13.6. The Morgan fingerprint density at radius 1 is 0.600 bits per heavy atom. The minimum Gasteiger partial charge on any atom is -0.0654 e. The van der Waals surface area contributed by atoms with Crippen LogP contribution < -0.4 is 5.73 Å². The summed E-state index contributed by atoms with van der Waals surface area (Å²) in [6.45, 7) is 8.05. The Morgan fingerprint density at radius 2 is 1.04 bits per heavy atom. The molecule has 11 heteroatoms. The molecule has 0 aliphatic heterocycles. The Bertz CT molecular complexity index is 1490. The van der Waals surface area contributed by atoms with Gasteiger partial charge in [-0.25, -0.2) is 0 Å². The number of hydrogen-bond acceptors (Lipinski definition) is 8. The third-order valence-electron chi connectivity index (χ3n) is 9.36. The number of unbranched alkanes of at least 4 members (excludes halogenated alkanes) is 18. The zero-order chi connectivity index (χ0) is 36.8. The van der Waals surface area contributed by atoms with Crippen LogP contribution in [0, 0.1) is 0 Å². The van der Waals surface area contributed by atoms with E-state index in [1.54, 1.807) is 19.9 Å². The summed E-state index contributed by atoms with van der Waals surface area (Å²) in [5.74, 6) is -0.224. The number of rotatable bonds is 29. The molecule has 2 aromatic carbocycles. The van der Waals surface area contributed by atoms with Crippen molar-refractivity contribution in [1.82, 2.24) is 0 Å². The van der Waals surface area contributed by atoms with Crippen LogP contribution in [0.4, 0.5) is 5.69 Å². The molecule has 0 amide bonds. The van der Waals surface area contributed by atoms with Gasteiger partial charge < -0.3 is 0 Å². The van der Waals surface area contributed by atoms with Crippen LogP contribution in [-0.4, -0.2) is 16.8 Å². The quantitative estimate of drug-likeness (QED) is 0.0491. The van der Waals surface area contributed by atoms with E-state index in [9.17, 15) is 20.2 Å². The minimum absolute atomic E-state index is 0.0461. The van der Waals surface area contributed by atoms with Crippen LogP contribution in [-0.2, 0) is 60.5 Å². The molecule has 0 heterocycles. The van der Waals surface area contributed by atoms with Crippen molar-refractivity contribution in [2.24, 2.45) is 0 Å². The average molecular weight is 772 g/mol. The number of nitrogens with two attached hydrogens (primary N) is 1. The summed E-state index contributed by atoms with van der Waals surface area (Å²) in [4.78, 5) is -0.251. The van der Waals surface area contributed by atoms with E-state index in [1.807, 2.05) is 6.07 Å². The van der Waals surface area contributed by atoms with Crippen molar-refractivity contribution in [2.75, 3.05) is 5.73 Å². The number of hydrogen-bond donors (Lipinski definition) is 1. The molecule has 0 fully saturated rings. The van der Waals surface area contributed by atoms with Gasteiger partial charge in [-0.15, -0.1) is 0 Å². The van der Waals surface area contributed by atoms with Crippen molar-refractivity contribution in [3.8, 4) is 0 Å².